The molecule has 0 amide bonds. The van der Waals surface area contributed by atoms with Gasteiger partial charge in [0.1, 0.15) is 0 Å². The molecule has 0 aromatic carbocycles. The molecule has 0 saturated carbocycles. The van der Waals surface area contributed by atoms with Crippen LogP contribution in [0.5, 0.6) is 0 Å². The Kier molecular flexibility index (Phi) is 8.54. The molecule has 0 bridgehead atoms. The lowest BCUT2D eigenvalue weighted by Gasteiger charge is -2.21. The Hall–Kier alpha value is -1.63. The molecule has 0 aliphatic carbocycles. The molecule has 0 saturated heterocycles. The van der Waals surface area contributed by atoms with Crippen molar-refractivity contribution in [1.29, 1.82) is 0 Å². The van der Waals surface area contributed by atoms with Gasteiger partial charge in [-0.1, -0.05) is 20.3 Å². The molecule has 0 heterocycles. The van der Waals surface area contributed by atoms with Crippen LogP contribution in [0.25, 0.3) is 0 Å². The molecule has 0 aliphatic rings. The van der Waals surface area contributed by atoms with Gasteiger partial charge in [0.05, 0.1) is 26.1 Å². The maximum Gasteiger partial charge on any atom is 0.336 e. The van der Waals surface area contributed by atoms with Gasteiger partial charge in [-0.2, -0.15) is 0 Å². The Labute approximate surface area is 117 Å². The van der Waals surface area contributed by atoms with Crippen LogP contribution < -0.4 is 0 Å². The molecule has 0 fully saturated rings. The topological polar surface area (TPSA) is 110 Å². The minimum atomic E-state index is -2.49. The van der Waals surface area contributed by atoms with Crippen molar-refractivity contribution in [2.24, 2.45) is 0 Å². The van der Waals surface area contributed by atoms with Gasteiger partial charge in [-0.15, -0.1) is 0 Å². The molecule has 0 aromatic heterocycles. The zero-order valence-electron chi connectivity index (χ0n) is 11.9. The van der Waals surface area contributed by atoms with Crippen LogP contribution in [0.1, 0.15) is 46.0 Å². The van der Waals surface area contributed by atoms with Crippen molar-refractivity contribution >= 4 is 17.9 Å². The highest BCUT2D eigenvalue weighted by atomic mass is 16.5. The van der Waals surface area contributed by atoms with Gasteiger partial charge in [0.2, 0.25) is 0 Å². The Balaban J connectivity index is 4.48. The molecule has 2 N–H and O–H groups in total. The van der Waals surface area contributed by atoms with Gasteiger partial charge < -0.3 is 19.7 Å². The van der Waals surface area contributed by atoms with Gasteiger partial charge in [0, 0.05) is 0 Å². The molecule has 116 valence electrons. The molecule has 0 aromatic rings. The number of ether oxygens (including phenoxy) is 2. The first-order valence-electron chi connectivity index (χ1n) is 6.62. The number of hydrogen-bond acceptors (Lipinski definition) is 6. The number of hydrogen-bond donors (Lipinski definition) is 2. The van der Waals surface area contributed by atoms with E-state index in [1.165, 1.54) is 0 Å². The maximum atomic E-state index is 11.4. The van der Waals surface area contributed by atoms with Crippen molar-refractivity contribution < 1.29 is 34.1 Å². The lowest BCUT2D eigenvalue weighted by atomic mass is 9.96. The van der Waals surface area contributed by atoms with Crippen LogP contribution in [0, 0.1) is 0 Å². The zero-order valence-corrected chi connectivity index (χ0v) is 11.9. The minimum Gasteiger partial charge on any atom is -0.479 e. The van der Waals surface area contributed by atoms with Crippen molar-refractivity contribution in [3.05, 3.63) is 0 Å². The van der Waals surface area contributed by atoms with E-state index < -0.39 is 36.4 Å². The van der Waals surface area contributed by atoms with E-state index in [9.17, 15) is 19.5 Å². The van der Waals surface area contributed by atoms with Crippen molar-refractivity contribution in [2.75, 3.05) is 13.2 Å². The van der Waals surface area contributed by atoms with Gasteiger partial charge in [-0.05, 0) is 12.8 Å². The number of carboxylic acid groups (broad SMARTS) is 1. The largest absolute Gasteiger partial charge is 0.479 e. The fraction of sp³-hybridized carbons (Fsp3) is 0.769. The lowest BCUT2D eigenvalue weighted by Crippen LogP contribution is -2.43. The SMILES string of the molecule is CCCCOC(=O)CC(O)(CC(=O)OCCC)C(=O)O. The molecule has 1 atom stereocenters. The predicted molar refractivity (Wildman–Crippen MR) is 68.9 cm³/mol. The van der Waals surface area contributed by atoms with E-state index >= 15 is 0 Å². The first-order chi connectivity index (χ1) is 9.35. The number of rotatable bonds is 10. The number of esters is 2. The van der Waals surface area contributed by atoms with E-state index in [1.807, 2.05) is 6.92 Å². The maximum absolute atomic E-state index is 11.4. The summed E-state index contributed by atoms with van der Waals surface area (Å²) in [5, 5.41) is 18.8. The molecular formula is C13H22O7. The van der Waals surface area contributed by atoms with Gasteiger partial charge in [0.25, 0.3) is 0 Å². The van der Waals surface area contributed by atoms with E-state index in [2.05, 4.69) is 0 Å². The van der Waals surface area contributed by atoms with Crippen LogP contribution in [0.4, 0.5) is 0 Å². The summed E-state index contributed by atoms with van der Waals surface area (Å²) in [6.45, 7) is 3.98. The fourth-order valence-electron chi connectivity index (χ4n) is 1.34. The summed E-state index contributed by atoms with van der Waals surface area (Å²) in [5.41, 5.74) is -2.49. The van der Waals surface area contributed by atoms with E-state index in [0.717, 1.165) is 6.42 Å². The monoisotopic (exact) mass is 290 g/mol. The normalized spacial score (nSPS) is 13.3. The second-order valence-corrected chi connectivity index (χ2v) is 4.48. The second-order valence-electron chi connectivity index (χ2n) is 4.48. The Morgan fingerprint density at radius 3 is 1.85 bits per heavy atom. The standard InChI is InChI=1S/C13H22O7/c1-3-5-7-20-11(15)9-13(18,12(16)17)8-10(14)19-6-4-2/h18H,3-9H2,1-2H3,(H,16,17). The predicted octanol–water partition coefficient (Wildman–Crippen LogP) is 0.879. The van der Waals surface area contributed by atoms with E-state index in [4.69, 9.17) is 14.6 Å². The Morgan fingerprint density at radius 1 is 0.950 bits per heavy atom. The van der Waals surface area contributed by atoms with E-state index in [-0.39, 0.29) is 13.2 Å². The lowest BCUT2D eigenvalue weighted by molar-refractivity contribution is -0.173. The highest BCUT2D eigenvalue weighted by molar-refractivity contribution is 5.88. The van der Waals surface area contributed by atoms with Gasteiger partial charge in [0.15, 0.2) is 5.60 Å². The first kappa shape index (κ1) is 18.4. The highest BCUT2D eigenvalue weighted by Gasteiger charge is 2.41. The molecule has 0 aliphatic heterocycles. The molecule has 0 rings (SSSR count). The summed E-state index contributed by atoms with van der Waals surface area (Å²) in [7, 11) is 0. The van der Waals surface area contributed by atoms with Crippen LogP contribution >= 0.6 is 0 Å². The van der Waals surface area contributed by atoms with Crippen LogP contribution in [0.3, 0.4) is 0 Å². The molecule has 7 heteroatoms. The molecule has 20 heavy (non-hydrogen) atoms. The summed E-state index contributed by atoms with van der Waals surface area (Å²) < 4.78 is 9.48. The van der Waals surface area contributed by atoms with Crippen molar-refractivity contribution in [3.8, 4) is 0 Å². The van der Waals surface area contributed by atoms with Crippen molar-refractivity contribution in [1.82, 2.24) is 0 Å². The van der Waals surface area contributed by atoms with E-state index in [0.29, 0.717) is 12.8 Å². The van der Waals surface area contributed by atoms with Crippen LogP contribution in [-0.2, 0) is 23.9 Å². The third kappa shape index (κ3) is 7.08. The average molecular weight is 290 g/mol. The van der Waals surface area contributed by atoms with Gasteiger partial charge in [-0.25, -0.2) is 4.79 Å². The smallest absolute Gasteiger partial charge is 0.336 e. The quantitative estimate of drug-likeness (QED) is 0.454. The van der Waals surface area contributed by atoms with E-state index in [1.54, 1.807) is 6.92 Å². The Bertz CT molecular complexity index is 340. The summed E-state index contributed by atoms with van der Waals surface area (Å²) >= 11 is 0. The minimum absolute atomic E-state index is 0.134. The van der Waals surface area contributed by atoms with Crippen LogP contribution in [0.15, 0.2) is 0 Å². The number of carboxylic acids is 1. The Morgan fingerprint density at radius 2 is 1.45 bits per heavy atom. The van der Waals surface area contributed by atoms with Crippen molar-refractivity contribution in [2.45, 2.75) is 51.6 Å². The van der Waals surface area contributed by atoms with Gasteiger partial charge >= 0.3 is 17.9 Å². The summed E-state index contributed by atoms with van der Waals surface area (Å²) in [6, 6.07) is 0. The van der Waals surface area contributed by atoms with Crippen LogP contribution in [-0.4, -0.2) is 46.9 Å². The molecule has 0 radical (unpaired) electrons. The molecule has 7 nitrogen and oxygen atoms in total. The van der Waals surface area contributed by atoms with Crippen molar-refractivity contribution in [3.63, 3.8) is 0 Å². The summed E-state index contributed by atoms with van der Waals surface area (Å²) in [6.07, 6.45) is 0.477. The number of carbonyl (C=O) groups excluding carboxylic acids is 2. The summed E-state index contributed by atoms with van der Waals surface area (Å²) in [5.74, 6) is -3.37. The first-order valence-corrected chi connectivity index (χ1v) is 6.62. The summed E-state index contributed by atoms with van der Waals surface area (Å²) in [4.78, 5) is 33.8. The highest BCUT2D eigenvalue weighted by Crippen LogP contribution is 2.18. The number of carbonyl (C=O) groups is 3. The fourth-order valence-corrected chi connectivity index (χ4v) is 1.34. The van der Waals surface area contributed by atoms with Gasteiger partial charge in [-0.3, -0.25) is 9.59 Å². The zero-order chi connectivity index (χ0) is 15.6. The number of aliphatic hydroxyl groups is 1. The second kappa shape index (κ2) is 9.30. The third-order valence-corrected chi connectivity index (χ3v) is 2.50. The number of unbranched alkanes of at least 4 members (excludes halogenated alkanes) is 1. The molecular weight excluding hydrogens is 268 g/mol. The number of aliphatic carboxylic acids is 1. The average Bonchev–Trinajstić information content (AvgIpc) is 2.36. The van der Waals surface area contributed by atoms with Crippen LogP contribution in [0.2, 0.25) is 0 Å². The molecule has 1 unspecified atom stereocenters. The molecule has 0 spiro atoms. The third-order valence-electron chi connectivity index (χ3n) is 2.50.